The lowest BCUT2D eigenvalue weighted by Crippen LogP contribution is -2.42. The first kappa shape index (κ1) is 27.7. The summed E-state index contributed by atoms with van der Waals surface area (Å²) in [6.07, 6.45) is 0. The fourth-order valence-electron chi connectivity index (χ4n) is 3.45. The molecule has 3 aromatic carbocycles. The van der Waals surface area contributed by atoms with Crippen LogP contribution >= 0.6 is 35.4 Å². The average molecular weight is 544 g/mol. The number of thiocarbonyl (C=S) groups is 1. The summed E-state index contributed by atoms with van der Waals surface area (Å²) in [4.78, 5) is 26.8. The van der Waals surface area contributed by atoms with Crippen LogP contribution in [0.25, 0.3) is 0 Å². The van der Waals surface area contributed by atoms with E-state index in [-0.39, 0.29) is 29.6 Å². The molecule has 0 bridgehead atoms. The number of halogens is 2. The highest BCUT2D eigenvalue weighted by Crippen LogP contribution is 2.26. The highest BCUT2D eigenvalue weighted by Gasteiger charge is 2.20. The van der Waals surface area contributed by atoms with Gasteiger partial charge >= 0.3 is 5.97 Å². The van der Waals surface area contributed by atoms with E-state index in [9.17, 15) is 9.59 Å². The van der Waals surface area contributed by atoms with Gasteiger partial charge in [-0.15, -0.1) is 0 Å². The van der Waals surface area contributed by atoms with Gasteiger partial charge in [0.1, 0.15) is 0 Å². The molecule has 0 radical (unpaired) electrons. The van der Waals surface area contributed by atoms with Gasteiger partial charge in [0.05, 0.1) is 18.7 Å². The molecule has 8 heteroatoms. The molecule has 0 saturated carbocycles. The van der Waals surface area contributed by atoms with Gasteiger partial charge < -0.3 is 9.64 Å². The van der Waals surface area contributed by atoms with E-state index in [0.29, 0.717) is 26.9 Å². The Hall–Kier alpha value is -2.93. The smallest absolute Gasteiger partial charge is 0.338 e. The SMILES string of the molecule is CCOC(=O)c1ccc(N(Cc2ccc(Cl)cc2Cl)C(=S)NC(=O)c2ccc(C(C)(C)C)cc2)cc1. The second-order valence-electron chi connectivity index (χ2n) is 9.18. The number of rotatable bonds is 6. The van der Waals surface area contributed by atoms with Gasteiger partial charge in [-0.25, -0.2) is 4.79 Å². The van der Waals surface area contributed by atoms with Crippen molar-refractivity contribution in [3.05, 3.63) is 99.0 Å². The van der Waals surface area contributed by atoms with Crippen molar-refractivity contribution in [1.82, 2.24) is 5.32 Å². The minimum atomic E-state index is -0.411. The normalized spacial score (nSPS) is 11.1. The van der Waals surface area contributed by atoms with Crippen LogP contribution in [0.2, 0.25) is 10.0 Å². The number of amides is 1. The van der Waals surface area contributed by atoms with Crippen LogP contribution in [0.3, 0.4) is 0 Å². The molecule has 0 aromatic heterocycles. The largest absolute Gasteiger partial charge is 0.462 e. The summed E-state index contributed by atoms with van der Waals surface area (Å²) in [5, 5.41) is 4.00. The summed E-state index contributed by atoms with van der Waals surface area (Å²) in [6.45, 7) is 8.66. The van der Waals surface area contributed by atoms with Gasteiger partial charge in [0.2, 0.25) is 0 Å². The molecule has 0 unspecified atom stereocenters. The number of anilines is 1. The molecule has 0 aliphatic rings. The summed E-state index contributed by atoms with van der Waals surface area (Å²) in [6, 6.07) is 19.4. The predicted molar refractivity (Wildman–Crippen MR) is 150 cm³/mol. The molecule has 0 aliphatic carbocycles. The molecule has 0 aliphatic heterocycles. The number of nitrogens with one attached hydrogen (secondary N) is 1. The molecule has 1 N–H and O–H groups in total. The van der Waals surface area contributed by atoms with Crippen molar-refractivity contribution in [2.75, 3.05) is 11.5 Å². The average Bonchev–Trinajstić information content (AvgIpc) is 2.83. The Morgan fingerprint density at radius 3 is 2.11 bits per heavy atom. The first-order chi connectivity index (χ1) is 17.0. The Labute approximate surface area is 227 Å². The van der Waals surface area contributed by atoms with Gasteiger partial charge in [-0.05, 0) is 84.2 Å². The Morgan fingerprint density at radius 2 is 1.56 bits per heavy atom. The number of hydrogen-bond acceptors (Lipinski definition) is 4. The van der Waals surface area contributed by atoms with Gasteiger partial charge in [-0.2, -0.15) is 0 Å². The summed E-state index contributed by atoms with van der Waals surface area (Å²) in [5.41, 5.74) is 3.45. The maximum absolute atomic E-state index is 13.0. The van der Waals surface area contributed by atoms with E-state index in [1.165, 1.54) is 0 Å². The molecule has 3 aromatic rings. The fraction of sp³-hybridized carbons (Fsp3) is 0.250. The van der Waals surface area contributed by atoms with Crippen LogP contribution < -0.4 is 10.2 Å². The zero-order chi connectivity index (χ0) is 26.5. The molecule has 1 amide bonds. The summed E-state index contributed by atoms with van der Waals surface area (Å²) < 4.78 is 5.06. The third kappa shape index (κ3) is 7.06. The third-order valence-electron chi connectivity index (χ3n) is 5.51. The van der Waals surface area contributed by atoms with Gasteiger partial charge in [0.15, 0.2) is 5.11 Å². The zero-order valence-corrected chi connectivity index (χ0v) is 22.9. The summed E-state index contributed by atoms with van der Waals surface area (Å²) in [5.74, 6) is -0.735. The molecule has 0 atom stereocenters. The Kier molecular flexibility index (Phi) is 9.12. The molecule has 0 saturated heterocycles. The Morgan fingerprint density at radius 1 is 0.944 bits per heavy atom. The fourth-order valence-corrected chi connectivity index (χ4v) is 4.18. The second-order valence-corrected chi connectivity index (χ2v) is 10.4. The van der Waals surface area contributed by atoms with Crippen molar-refractivity contribution in [3.8, 4) is 0 Å². The molecule has 188 valence electrons. The van der Waals surface area contributed by atoms with E-state index in [0.717, 1.165) is 11.1 Å². The standard InChI is InChI=1S/C28H28Cl2N2O3S/c1-5-35-26(34)19-9-14-23(15-10-19)32(17-20-8-13-22(29)16-24(20)30)27(36)31-25(33)18-6-11-21(12-7-18)28(2,3)4/h6-16H,5,17H2,1-4H3,(H,31,33,36). The molecule has 0 fully saturated rings. The van der Waals surface area contributed by atoms with Gasteiger partial charge in [-0.1, -0.05) is 62.2 Å². The maximum Gasteiger partial charge on any atom is 0.338 e. The number of hydrogen-bond donors (Lipinski definition) is 1. The van der Waals surface area contributed by atoms with E-state index in [1.807, 2.05) is 12.1 Å². The zero-order valence-electron chi connectivity index (χ0n) is 20.6. The molecule has 3 rings (SSSR count). The van der Waals surface area contributed by atoms with Crippen LogP contribution in [-0.4, -0.2) is 23.6 Å². The Bertz CT molecular complexity index is 1250. The van der Waals surface area contributed by atoms with Gasteiger partial charge in [-0.3, -0.25) is 10.1 Å². The lowest BCUT2D eigenvalue weighted by molar-refractivity contribution is 0.0526. The molecule has 36 heavy (non-hydrogen) atoms. The van der Waals surface area contributed by atoms with Gasteiger partial charge in [0.25, 0.3) is 5.91 Å². The van der Waals surface area contributed by atoms with Crippen molar-refractivity contribution in [2.45, 2.75) is 39.7 Å². The minimum Gasteiger partial charge on any atom is -0.462 e. The maximum atomic E-state index is 13.0. The van der Waals surface area contributed by atoms with Crippen LogP contribution in [0.5, 0.6) is 0 Å². The predicted octanol–water partition coefficient (Wildman–Crippen LogP) is 7.19. The third-order valence-corrected chi connectivity index (χ3v) is 6.42. The number of ether oxygens (including phenoxy) is 1. The number of esters is 1. The lowest BCUT2D eigenvalue weighted by atomic mass is 9.87. The highest BCUT2D eigenvalue weighted by molar-refractivity contribution is 7.80. The van der Waals surface area contributed by atoms with Crippen LogP contribution in [0.1, 0.15) is 59.5 Å². The van der Waals surface area contributed by atoms with E-state index in [1.54, 1.807) is 66.4 Å². The topological polar surface area (TPSA) is 58.6 Å². The van der Waals surface area contributed by atoms with Crippen LogP contribution in [0.15, 0.2) is 66.7 Å². The van der Waals surface area contributed by atoms with Gasteiger partial charge in [0, 0.05) is 21.3 Å². The molecule has 5 nitrogen and oxygen atoms in total. The van der Waals surface area contributed by atoms with E-state index in [4.69, 9.17) is 40.2 Å². The monoisotopic (exact) mass is 542 g/mol. The Balaban J connectivity index is 1.87. The van der Waals surface area contributed by atoms with Crippen molar-refractivity contribution < 1.29 is 14.3 Å². The van der Waals surface area contributed by atoms with Crippen molar-refractivity contribution >= 4 is 58.1 Å². The first-order valence-corrected chi connectivity index (χ1v) is 12.6. The van der Waals surface area contributed by atoms with Crippen LogP contribution in [0.4, 0.5) is 5.69 Å². The molecular formula is C28H28Cl2N2O3S. The van der Waals surface area contributed by atoms with Crippen molar-refractivity contribution in [1.29, 1.82) is 0 Å². The molecule has 0 heterocycles. The number of nitrogens with zero attached hydrogens (tertiary/aromatic N) is 1. The van der Waals surface area contributed by atoms with Crippen molar-refractivity contribution in [2.24, 2.45) is 0 Å². The summed E-state index contributed by atoms with van der Waals surface area (Å²) >= 11 is 18.1. The quantitative estimate of drug-likeness (QED) is 0.264. The van der Waals surface area contributed by atoms with Crippen molar-refractivity contribution in [3.63, 3.8) is 0 Å². The number of carbonyl (C=O) groups is 2. The van der Waals surface area contributed by atoms with Crippen LogP contribution in [0, 0.1) is 0 Å². The number of benzene rings is 3. The molecule has 0 spiro atoms. The highest BCUT2D eigenvalue weighted by atomic mass is 35.5. The van der Waals surface area contributed by atoms with E-state index < -0.39 is 5.97 Å². The van der Waals surface area contributed by atoms with Crippen LogP contribution in [-0.2, 0) is 16.7 Å². The second kappa shape index (κ2) is 11.9. The summed E-state index contributed by atoms with van der Waals surface area (Å²) in [7, 11) is 0. The molecular weight excluding hydrogens is 515 g/mol. The first-order valence-electron chi connectivity index (χ1n) is 11.4. The number of carbonyl (C=O) groups excluding carboxylic acids is 2. The van der Waals surface area contributed by atoms with E-state index >= 15 is 0 Å². The minimum absolute atomic E-state index is 0.0192. The van der Waals surface area contributed by atoms with E-state index in [2.05, 4.69) is 26.1 Å². The lowest BCUT2D eigenvalue weighted by Gasteiger charge is -2.26.